The zero-order chi connectivity index (χ0) is 29.1. The fourth-order valence-electron chi connectivity index (χ4n) is 5.21. The molecule has 2 aliphatic heterocycles. The number of anilines is 2. The van der Waals surface area contributed by atoms with E-state index in [1.807, 2.05) is 13.8 Å². The number of likely N-dealkylation sites (tertiary alicyclic amines) is 1. The average molecular weight is 618 g/mol. The van der Waals surface area contributed by atoms with Crippen LogP contribution in [-0.4, -0.2) is 95.4 Å². The number of nitrogens with one attached hydrogen (secondary N) is 3. The molecule has 0 bridgehead atoms. The number of morpholine rings is 1. The molecule has 4 rings (SSSR count). The lowest BCUT2D eigenvalue weighted by molar-refractivity contribution is -0.384. The number of carbonyl (C=O) groups excluding carboxylic acids is 3. The molecule has 14 heteroatoms. The third-order valence-electron chi connectivity index (χ3n) is 6.95. The SMILES string of the molecule is CNC(=O)[C@@H]1C[C@@H](Nc2c(C(=O)N3C[C@@H](C)O[C@@H](C)C3)cc(Br)cc2[N+](=O)[O-])CN1C(=O)c1cncc(NC)c1. The highest BCUT2D eigenvalue weighted by Gasteiger charge is 2.41. The van der Waals surface area contributed by atoms with Gasteiger partial charge in [-0.1, -0.05) is 15.9 Å². The van der Waals surface area contributed by atoms with Crippen LogP contribution in [0.25, 0.3) is 0 Å². The topological polar surface area (TPSA) is 159 Å². The molecule has 3 heterocycles. The second-order valence-electron chi connectivity index (χ2n) is 9.95. The van der Waals surface area contributed by atoms with Crippen molar-refractivity contribution < 1.29 is 24.0 Å². The number of hydrogen-bond donors (Lipinski definition) is 3. The summed E-state index contributed by atoms with van der Waals surface area (Å²) in [6.45, 7) is 4.49. The molecule has 3 amide bonds. The minimum Gasteiger partial charge on any atom is -0.387 e. The average Bonchev–Trinajstić information content (AvgIpc) is 3.35. The van der Waals surface area contributed by atoms with Gasteiger partial charge in [0.15, 0.2) is 0 Å². The van der Waals surface area contributed by atoms with Gasteiger partial charge in [-0.15, -0.1) is 0 Å². The van der Waals surface area contributed by atoms with Gasteiger partial charge in [-0.2, -0.15) is 0 Å². The maximum absolute atomic E-state index is 13.7. The second kappa shape index (κ2) is 12.2. The number of benzene rings is 1. The lowest BCUT2D eigenvalue weighted by Crippen LogP contribution is -2.48. The van der Waals surface area contributed by atoms with Gasteiger partial charge in [0.05, 0.1) is 33.9 Å². The van der Waals surface area contributed by atoms with E-state index in [2.05, 4.69) is 36.9 Å². The standard InChI is InChI=1S/C26H32BrN7O6/c1-14-11-32(12-15(2)40-14)26(37)20-6-17(27)7-21(34(38)39)23(20)31-19-8-22(24(35)29-4)33(13-19)25(36)16-5-18(28-3)10-30-9-16/h5-7,9-10,14-15,19,22,28,31H,8,11-13H2,1-4H3,(H,29,35)/t14-,15+,19-,22+/m1/s1. The number of pyridine rings is 1. The van der Waals surface area contributed by atoms with E-state index in [0.29, 0.717) is 28.8 Å². The molecule has 214 valence electrons. The summed E-state index contributed by atoms with van der Waals surface area (Å²) in [4.78, 5) is 58.6. The van der Waals surface area contributed by atoms with E-state index in [0.717, 1.165) is 0 Å². The van der Waals surface area contributed by atoms with E-state index in [-0.39, 0.29) is 53.9 Å². The van der Waals surface area contributed by atoms with E-state index < -0.39 is 22.9 Å². The monoisotopic (exact) mass is 617 g/mol. The van der Waals surface area contributed by atoms with Gasteiger partial charge < -0.3 is 30.5 Å². The predicted octanol–water partition coefficient (Wildman–Crippen LogP) is 2.48. The molecule has 40 heavy (non-hydrogen) atoms. The summed E-state index contributed by atoms with van der Waals surface area (Å²) >= 11 is 3.30. The Bertz CT molecular complexity index is 1310. The van der Waals surface area contributed by atoms with Crippen LogP contribution in [0.4, 0.5) is 17.1 Å². The van der Waals surface area contributed by atoms with Crippen LogP contribution < -0.4 is 16.0 Å². The number of carbonyl (C=O) groups is 3. The first-order chi connectivity index (χ1) is 19.0. The smallest absolute Gasteiger partial charge is 0.294 e. The fraction of sp³-hybridized carbons (Fsp3) is 0.462. The minimum atomic E-state index is -0.831. The molecule has 2 fully saturated rings. The van der Waals surface area contributed by atoms with Crippen molar-refractivity contribution in [3.8, 4) is 0 Å². The number of amides is 3. The predicted molar refractivity (Wildman–Crippen MR) is 151 cm³/mol. The fourth-order valence-corrected chi connectivity index (χ4v) is 5.66. The van der Waals surface area contributed by atoms with Gasteiger partial charge in [0, 0.05) is 62.7 Å². The Morgan fingerprint density at radius 3 is 2.40 bits per heavy atom. The number of hydrogen-bond acceptors (Lipinski definition) is 9. The van der Waals surface area contributed by atoms with Crippen LogP contribution in [0, 0.1) is 10.1 Å². The normalized spacial score (nSPS) is 22.5. The van der Waals surface area contributed by atoms with E-state index >= 15 is 0 Å². The molecule has 1 aromatic heterocycles. The Balaban J connectivity index is 1.68. The van der Waals surface area contributed by atoms with Gasteiger partial charge >= 0.3 is 0 Å². The van der Waals surface area contributed by atoms with Gasteiger partial charge in [0.1, 0.15) is 11.7 Å². The summed E-state index contributed by atoms with van der Waals surface area (Å²) in [5.41, 5.74) is 0.798. The quantitative estimate of drug-likeness (QED) is 0.313. The molecule has 13 nitrogen and oxygen atoms in total. The zero-order valence-corrected chi connectivity index (χ0v) is 24.2. The molecule has 1 aromatic carbocycles. The van der Waals surface area contributed by atoms with E-state index in [9.17, 15) is 24.5 Å². The molecule has 2 saturated heterocycles. The zero-order valence-electron chi connectivity index (χ0n) is 22.6. The molecule has 0 spiro atoms. The van der Waals surface area contributed by atoms with E-state index in [4.69, 9.17) is 4.74 Å². The molecule has 3 N–H and O–H groups in total. The Kier molecular flexibility index (Phi) is 8.88. The van der Waals surface area contributed by atoms with Gasteiger partial charge in [-0.25, -0.2) is 0 Å². The number of rotatable bonds is 7. The van der Waals surface area contributed by atoms with Crippen LogP contribution >= 0.6 is 15.9 Å². The Hall–Kier alpha value is -3.78. The minimum absolute atomic E-state index is 0.0406. The van der Waals surface area contributed by atoms with Crippen LogP contribution in [0.2, 0.25) is 0 Å². The van der Waals surface area contributed by atoms with Crippen LogP contribution in [0.15, 0.2) is 35.1 Å². The third-order valence-corrected chi connectivity index (χ3v) is 7.41. The van der Waals surface area contributed by atoms with Crippen molar-refractivity contribution in [1.29, 1.82) is 0 Å². The molecule has 0 saturated carbocycles. The number of nitrogens with zero attached hydrogens (tertiary/aromatic N) is 4. The lowest BCUT2D eigenvalue weighted by Gasteiger charge is -2.35. The molecule has 2 aliphatic rings. The van der Waals surface area contributed by atoms with Crippen molar-refractivity contribution in [3.05, 3.63) is 56.3 Å². The first-order valence-electron chi connectivity index (χ1n) is 12.9. The van der Waals surface area contributed by atoms with Crippen LogP contribution in [0.3, 0.4) is 0 Å². The second-order valence-corrected chi connectivity index (χ2v) is 10.9. The molecule has 0 aliphatic carbocycles. The Morgan fingerprint density at radius 2 is 1.77 bits per heavy atom. The summed E-state index contributed by atoms with van der Waals surface area (Å²) in [5.74, 6) is -1.15. The van der Waals surface area contributed by atoms with Crippen LogP contribution in [0.1, 0.15) is 41.0 Å². The Morgan fingerprint density at radius 1 is 1.07 bits per heavy atom. The molecule has 0 radical (unpaired) electrons. The van der Waals surface area contributed by atoms with Crippen molar-refractivity contribution in [2.45, 2.75) is 44.6 Å². The first kappa shape index (κ1) is 29.2. The number of nitro benzene ring substituents is 1. The maximum atomic E-state index is 13.7. The van der Waals surface area contributed by atoms with Crippen molar-refractivity contribution in [3.63, 3.8) is 0 Å². The van der Waals surface area contributed by atoms with Gasteiger partial charge in [-0.05, 0) is 32.4 Å². The largest absolute Gasteiger partial charge is 0.387 e. The number of halogens is 1. The van der Waals surface area contributed by atoms with E-state index in [1.54, 1.807) is 30.3 Å². The Labute approximate surface area is 239 Å². The van der Waals surface area contributed by atoms with Crippen LogP contribution in [-0.2, 0) is 9.53 Å². The number of ether oxygens (including phenoxy) is 1. The number of nitro groups is 1. The maximum Gasteiger partial charge on any atom is 0.294 e. The van der Waals surface area contributed by atoms with Crippen molar-refractivity contribution in [1.82, 2.24) is 20.1 Å². The molecular formula is C26H32BrN7O6. The highest BCUT2D eigenvalue weighted by molar-refractivity contribution is 9.10. The van der Waals surface area contributed by atoms with E-state index in [1.165, 1.54) is 24.2 Å². The highest BCUT2D eigenvalue weighted by Crippen LogP contribution is 2.36. The van der Waals surface area contributed by atoms with Gasteiger partial charge in [-0.3, -0.25) is 29.5 Å². The first-order valence-corrected chi connectivity index (χ1v) is 13.7. The van der Waals surface area contributed by atoms with Crippen molar-refractivity contribution >= 4 is 50.7 Å². The van der Waals surface area contributed by atoms with Crippen LogP contribution in [0.5, 0.6) is 0 Å². The summed E-state index contributed by atoms with van der Waals surface area (Å²) in [6.07, 6.45) is 2.79. The van der Waals surface area contributed by atoms with Crippen molar-refractivity contribution in [2.24, 2.45) is 0 Å². The van der Waals surface area contributed by atoms with Gasteiger partial charge in [0.25, 0.3) is 17.5 Å². The summed E-state index contributed by atoms with van der Waals surface area (Å²) in [6, 6.07) is 3.12. The molecule has 0 unspecified atom stereocenters. The molecule has 4 atom stereocenters. The lowest BCUT2D eigenvalue weighted by atomic mass is 10.1. The summed E-state index contributed by atoms with van der Waals surface area (Å²) in [5, 5.41) is 20.8. The van der Waals surface area contributed by atoms with Gasteiger partial charge in [0.2, 0.25) is 5.91 Å². The third kappa shape index (κ3) is 6.17. The molecule has 2 aromatic rings. The van der Waals surface area contributed by atoms with Crippen molar-refractivity contribution in [2.75, 3.05) is 44.4 Å². The summed E-state index contributed by atoms with van der Waals surface area (Å²) < 4.78 is 6.13. The number of likely N-dealkylation sites (N-methyl/N-ethyl adjacent to an activating group) is 1. The highest BCUT2D eigenvalue weighted by atomic mass is 79.9. The number of aromatic nitrogens is 1. The molecular weight excluding hydrogens is 586 g/mol. The summed E-state index contributed by atoms with van der Waals surface area (Å²) in [7, 11) is 3.19.